The number of hydrogen-bond acceptors (Lipinski definition) is 3. The fraction of sp³-hybridized carbons (Fsp3) is 0.222. The quantitative estimate of drug-likeness (QED) is 0.273. The molecule has 3 aromatic carbocycles. The summed E-state index contributed by atoms with van der Waals surface area (Å²) >= 11 is 0. The van der Waals surface area contributed by atoms with Crippen LogP contribution in [-0.4, -0.2) is 34.0 Å². The van der Waals surface area contributed by atoms with E-state index in [1.165, 1.54) is 48.5 Å². The molecule has 4 rings (SSSR count). The molecular formula is C27H23F4NO4. The Balaban J connectivity index is 2.16. The van der Waals surface area contributed by atoms with Gasteiger partial charge in [0.05, 0.1) is 23.1 Å². The number of aryl methyl sites for hydroxylation is 1. The first-order valence-corrected chi connectivity index (χ1v) is 11.0. The molecule has 188 valence electrons. The summed E-state index contributed by atoms with van der Waals surface area (Å²) in [5.41, 5.74) is 1.04. The molecule has 0 saturated carbocycles. The number of hydrogen-bond donors (Lipinski definition) is 2. The van der Waals surface area contributed by atoms with Crippen molar-refractivity contribution < 1.29 is 37.3 Å². The molecule has 1 aromatic heterocycles. The van der Waals surface area contributed by atoms with Crippen LogP contribution >= 0.6 is 0 Å². The molecule has 1 heterocycles. The van der Waals surface area contributed by atoms with Crippen LogP contribution in [-0.2, 0) is 10.2 Å². The summed E-state index contributed by atoms with van der Waals surface area (Å²) in [4.78, 5) is 11.4. The number of aromatic carboxylic acids is 1. The summed E-state index contributed by atoms with van der Waals surface area (Å²) in [6, 6.07) is 12.1. The molecule has 2 N–H and O–H groups in total. The summed E-state index contributed by atoms with van der Waals surface area (Å²) in [6.07, 6.45) is 0. The summed E-state index contributed by atoms with van der Waals surface area (Å²) in [7, 11) is 0. The molecule has 4 aromatic rings. The number of nitrogens with zero attached hydrogens (tertiary/aromatic N) is 1. The van der Waals surface area contributed by atoms with Gasteiger partial charge in [-0.3, -0.25) is 0 Å². The smallest absolute Gasteiger partial charge is 0.345 e. The first kappa shape index (κ1) is 25.2. The zero-order valence-electron chi connectivity index (χ0n) is 19.7. The highest BCUT2D eigenvalue weighted by Crippen LogP contribution is 2.46. The summed E-state index contributed by atoms with van der Waals surface area (Å²) < 4.78 is 61.0. The average Bonchev–Trinajstić information content (AvgIpc) is 3.16. The van der Waals surface area contributed by atoms with Crippen LogP contribution in [0.1, 0.15) is 35.5 Å². The first-order chi connectivity index (χ1) is 16.9. The van der Waals surface area contributed by atoms with E-state index in [9.17, 15) is 32.6 Å². The highest BCUT2D eigenvalue weighted by molar-refractivity contribution is 6.04. The molecule has 0 atom stereocenters. The van der Waals surface area contributed by atoms with Gasteiger partial charge in [0.25, 0.3) is 0 Å². The SMILES string of the molecule is Cc1cc(-n2c(C(C)(C)COC(F)F)c(-c3ccc(C(=O)O)cc3)c3c(O)cc(F)cc32)ccc1F. The second-order valence-electron chi connectivity index (χ2n) is 9.15. The van der Waals surface area contributed by atoms with E-state index >= 15 is 0 Å². The van der Waals surface area contributed by atoms with E-state index in [4.69, 9.17) is 0 Å². The van der Waals surface area contributed by atoms with Crippen molar-refractivity contribution in [3.8, 4) is 22.6 Å². The number of benzene rings is 3. The molecular weight excluding hydrogens is 478 g/mol. The molecule has 36 heavy (non-hydrogen) atoms. The number of halogens is 4. The highest BCUT2D eigenvalue weighted by atomic mass is 19.3. The lowest BCUT2D eigenvalue weighted by Crippen LogP contribution is -2.29. The Hall–Kier alpha value is -3.85. The molecule has 9 heteroatoms. The Bertz CT molecular complexity index is 1460. The van der Waals surface area contributed by atoms with Gasteiger partial charge in [-0.2, -0.15) is 8.78 Å². The van der Waals surface area contributed by atoms with Gasteiger partial charge in [-0.25, -0.2) is 13.6 Å². The lowest BCUT2D eigenvalue weighted by molar-refractivity contribution is -0.139. The molecule has 0 spiro atoms. The number of phenolic OH excluding ortho intramolecular Hbond substituents is 1. The maximum Gasteiger partial charge on any atom is 0.345 e. The summed E-state index contributed by atoms with van der Waals surface area (Å²) in [6.45, 7) is 1.38. The van der Waals surface area contributed by atoms with Gasteiger partial charge < -0.3 is 19.5 Å². The lowest BCUT2D eigenvalue weighted by atomic mass is 9.84. The van der Waals surface area contributed by atoms with Crippen LogP contribution in [0, 0.1) is 18.6 Å². The maximum atomic E-state index is 14.5. The fourth-order valence-electron chi connectivity index (χ4n) is 4.44. The van der Waals surface area contributed by atoms with E-state index in [1.54, 1.807) is 25.3 Å². The standard InChI is InChI=1S/C27H23F4NO4/c1-14-10-18(8-9-19(14)29)32-20-11-17(28)12-21(33)23(20)22(15-4-6-16(7-5-15)25(34)35)24(32)27(2,3)13-36-26(30)31/h4-12,26,33H,13H2,1-3H3,(H,34,35). The van der Waals surface area contributed by atoms with Crippen molar-refractivity contribution in [1.29, 1.82) is 0 Å². The van der Waals surface area contributed by atoms with Gasteiger partial charge in [-0.05, 0) is 54.4 Å². The van der Waals surface area contributed by atoms with E-state index in [-0.39, 0.29) is 16.5 Å². The van der Waals surface area contributed by atoms with Crippen molar-refractivity contribution in [3.63, 3.8) is 0 Å². The van der Waals surface area contributed by atoms with Crippen molar-refractivity contribution >= 4 is 16.9 Å². The number of carboxylic acids is 1. The number of carbonyl (C=O) groups is 1. The first-order valence-electron chi connectivity index (χ1n) is 11.0. The number of fused-ring (bicyclic) bond motifs is 1. The van der Waals surface area contributed by atoms with Crippen molar-refractivity contribution in [2.45, 2.75) is 32.8 Å². The van der Waals surface area contributed by atoms with Crippen molar-refractivity contribution in [2.75, 3.05) is 6.61 Å². The number of phenols is 1. The fourth-order valence-corrected chi connectivity index (χ4v) is 4.44. The van der Waals surface area contributed by atoms with E-state index in [2.05, 4.69) is 4.74 Å². The highest BCUT2D eigenvalue weighted by Gasteiger charge is 2.34. The molecule has 0 saturated heterocycles. The van der Waals surface area contributed by atoms with Crippen LogP contribution in [0.15, 0.2) is 54.6 Å². The monoisotopic (exact) mass is 501 g/mol. The van der Waals surface area contributed by atoms with Gasteiger partial charge in [0, 0.05) is 28.4 Å². The second-order valence-corrected chi connectivity index (χ2v) is 9.15. The van der Waals surface area contributed by atoms with Crippen molar-refractivity contribution in [2.24, 2.45) is 0 Å². The average molecular weight is 501 g/mol. The molecule has 0 aliphatic heterocycles. The van der Waals surface area contributed by atoms with E-state index in [1.807, 2.05) is 0 Å². The topological polar surface area (TPSA) is 71.7 Å². The van der Waals surface area contributed by atoms with E-state index < -0.39 is 42.0 Å². The number of aromatic hydroxyl groups is 1. The van der Waals surface area contributed by atoms with Crippen LogP contribution in [0.5, 0.6) is 5.75 Å². The predicted molar refractivity (Wildman–Crippen MR) is 127 cm³/mol. The molecule has 0 radical (unpaired) electrons. The molecule has 5 nitrogen and oxygen atoms in total. The minimum atomic E-state index is -3.04. The van der Waals surface area contributed by atoms with Crippen LogP contribution < -0.4 is 0 Å². The Kier molecular flexibility index (Phi) is 6.53. The third kappa shape index (κ3) is 4.54. The van der Waals surface area contributed by atoms with Crippen LogP contribution in [0.4, 0.5) is 17.6 Å². The van der Waals surface area contributed by atoms with Gasteiger partial charge >= 0.3 is 12.6 Å². The number of carboxylic acid groups (broad SMARTS) is 1. The minimum Gasteiger partial charge on any atom is -0.507 e. The third-order valence-corrected chi connectivity index (χ3v) is 6.04. The van der Waals surface area contributed by atoms with Crippen LogP contribution in [0.25, 0.3) is 27.7 Å². The van der Waals surface area contributed by atoms with Gasteiger partial charge in [0.2, 0.25) is 0 Å². The molecule has 0 amide bonds. The van der Waals surface area contributed by atoms with Gasteiger partial charge in [0.1, 0.15) is 17.4 Å². The number of aromatic nitrogens is 1. The molecule has 0 aliphatic carbocycles. The zero-order valence-corrected chi connectivity index (χ0v) is 19.7. The van der Waals surface area contributed by atoms with Gasteiger partial charge in [-0.1, -0.05) is 26.0 Å². The zero-order chi connectivity index (χ0) is 26.4. The number of ether oxygens (including phenoxy) is 1. The number of alkyl halides is 2. The van der Waals surface area contributed by atoms with Gasteiger partial charge in [-0.15, -0.1) is 0 Å². The molecule has 0 bridgehead atoms. The van der Waals surface area contributed by atoms with Gasteiger partial charge in [0.15, 0.2) is 0 Å². The maximum absolute atomic E-state index is 14.5. The summed E-state index contributed by atoms with van der Waals surface area (Å²) in [5, 5.41) is 20.4. The largest absolute Gasteiger partial charge is 0.507 e. The third-order valence-electron chi connectivity index (χ3n) is 6.04. The molecule has 0 unspecified atom stereocenters. The summed E-state index contributed by atoms with van der Waals surface area (Å²) in [5.74, 6) is -2.73. The second kappa shape index (κ2) is 9.31. The van der Waals surface area contributed by atoms with Crippen molar-refractivity contribution in [1.82, 2.24) is 4.57 Å². The van der Waals surface area contributed by atoms with Crippen LogP contribution in [0.3, 0.4) is 0 Å². The molecule has 0 fully saturated rings. The Morgan fingerprint density at radius 1 is 1.06 bits per heavy atom. The van der Waals surface area contributed by atoms with Crippen molar-refractivity contribution in [3.05, 3.63) is 83.1 Å². The minimum absolute atomic E-state index is 0.0220. The number of rotatable bonds is 7. The van der Waals surface area contributed by atoms with E-state index in [0.717, 1.165) is 6.07 Å². The molecule has 0 aliphatic rings. The Morgan fingerprint density at radius 3 is 2.31 bits per heavy atom. The predicted octanol–water partition coefficient (Wildman–Crippen LogP) is 6.80. The van der Waals surface area contributed by atoms with E-state index in [0.29, 0.717) is 28.1 Å². The van der Waals surface area contributed by atoms with Crippen LogP contribution in [0.2, 0.25) is 0 Å². The normalized spacial score (nSPS) is 12.0. The Morgan fingerprint density at radius 2 is 1.72 bits per heavy atom. The lowest BCUT2D eigenvalue weighted by Gasteiger charge is -2.29. The Labute approximate surface area is 204 Å².